The molecular weight excluding hydrogens is 487 g/mol. The van der Waals surface area contributed by atoms with Crippen molar-refractivity contribution in [2.75, 3.05) is 19.6 Å². The van der Waals surface area contributed by atoms with Crippen molar-refractivity contribution in [3.05, 3.63) is 65.7 Å². The van der Waals surface area contributed by atoms with Crippen LogP contribution in [0.2, 0.25) is 0 Å². The molecule has 154 valence electrons. The summed E-state index contributed by atoms with van der Waals surface area (Å²) in [5.41, 5.74) is 2.18. The molecule has 0 radical (unpaired) electrons. The Morgan fingerprint density at radius 3 is 2.32 bits per heavy atom. The van der Waals surface area contributed by atoms with Gasteiger partial charge in [-0.2, -0.15) is 0 Å². The Kier molecular flexibility index (Phi) is 10.5. The van der Waals surface area contributed by atoms with Crippen molar-refractivity contribution in [2.45, 2.75) is 31.7 Å². The van der Waals surface area contributed by atoms with Gasteiger partial charge in [0, 0.05) is 13.1 Å². The van der Waals surface area contributed by atoms with E-state index in [1.807, 2.05) is 32.0 Å². The van der Waals surface area contributed by atoms with Gasteiger partial charge in [0.2, 0.25) is 10.0 Å². The van der Waals surface area contributed by atoms with Gasteiger partial charge in [-0.1, -0.05) is 48.0 Å². The second-order valence-electron chi connectivity index (χ2n) is 6.25. The van der Waals surface area contributed by atoms with E-state index in [-0.39, 0.29) is 41.5 Å². The lowest BCUT2D eigenvalue weighted by molar-refractivity contribution is 0.582. The number of benzene rings is 2. The molecule has 0 spiro atoms. The molecule has 3 N–H and O–H groups in total. The minimum Gasteiger partial charge on any atom is -0.357 e. The number of halogens is 1. The van der Waals surface area contributed by atoms with E-state index in [9.17, 15) is 8.42 Å². The van der Waals surface area contributed by atoms with Crippen molar-refractivity contribution in [3.63, 3.8) is 0 Å². The van der Waals surface area contributed by atoms with Crippen LogP contribution in [-0.2, 0) is 10.0 Å². The highest BCUT2D eigenvalue weighted by Gasteiger charge is 2.12. The zero-order chi connectivity index (χ0) is 19.7. The second kappa shape index (κ2) is 12.0. The van der Waals surface area contributed by atoms with Crippen LogP contribution < -0.4 is 15.4 Å². The summed E-state index contributed by atoms with van der Waals surface area (Å²) in [6.45, 7) is 7.26. The molecule has 0 saturated carbocycles. The second-order valence-corrected chi connectivity index (χ2v) is 8.02. The van der Waals surface area contributed by atoms with E-state index in [2.05, 4.69) is 39.4 Å². The molecule has 1 atom stereocenters. The van der Waals surface area contributed by atoms with Crippen LogP contribution in [-0.4, -0.2) is 34.0 Å². The van der Waals surface area contributed by atoms with Crippen molar-refractivity contribution in [1.29, 1.82) is 0 Å². The highest BCUT2D eigenvalue weighted by Crippen LogP contribution is 2.11. The van der Waals surface area contributed by atoms with E-state index in [4.69, 9.17) is 0 Å². The third-order valence-corrected chi connectivity index (χ3v) is 5.48. The van der Waals surface area contributed by atoms with Crippen LogP contribution in [0.15, 0.2) is 64.5 Å². The molecule has 6 nitrogen and oxygen atoms in total. The van der Waals surface area contributed by atoms with Crippen molar-refractivity contribution >= 4 is 40.0 Å². The fourth-order valence-corrected chi connectivity index (χ4v) is 3.52. The fourth-order valence-electron chi connectivity index (χ4n) is 2.50. The maximum Gasteiger partial charge on any atom is 0.240 e. The third kappa shape index (κ3) is 7.76. The van der Waals surface area contributed by atoms with Gasteiger partial charge in [0.15, 0.2) is 5.96 Å². The average molecular weight is 516 g/mol. The van der Waals surface area contributed by atoms with Gasteiger partial charge in [-0.15, -0.1) is 24.0 Å². The molecule has 2 rings (SSSR count). The Morgan fingerprint density at radius 2 is 1.71 bits per heavy atom. The lowest BCUT2D eigenvalue weighted by Crippen LogP contribution is -2.39. The number of sulfonamides is 1. The quantitative estimate of drug-likeness (QED) is 0.218. The van der Waals surface area contributed by atoms with Crippen LogP contribution >= 0.6 is 24.0 Å². The number of aliphatic imine (C=N–C) groups is 1. The van der Waals surface area contributed by atoms with Crippen LogP contribution in [0.4, 0.5) is 0 Å². The topological polar surface area (TPSA) is 82.6 Å². The Labute approximate surface area is 185 Å². The summed E-state index contributed by atoms with van der Waals surface area (Å²) < 4.78 is 27.2. The largest absolute Gasteiger partial charge is 0.357 e. The van der Waals surface area contributed by atoms with E-state index in [1.54, 1.807) is 24.3 Å². The van der Waals surface area contributed by atoms with Crippen molar-refractivity contribution < 1.29 is 8.42 Å². The maximum atomic E-state index is 12.3. The Balaban J connectivity index is 0.00000392. The van der Waals surface area contributed by atoms with Crippen molar-refractivity contribution in [2.24, 2.45) is 4.99 Å². The zero-order valence-corrected chi connectivity index (χ0v) is 19.6. The van der Waals surface area contributed by atoms with Gasteiger partial charge in [0.25, 0.3) is 0 Å². The Bertz CT molecular complexity index is 840. The highest BCUT2D eigenvalue weighted by molar-refractivity contribution is 14.0. The predicted octanol–water partition coefficient (Wildman–Crippen LogP) is 3.21. The van der Waals surface area contributed by atoms with Crippen LogP contribution in [0.3, 0.4) is 0 Å². The summed E-state index contributed by atoms with van der Waals surface area (Å²) in [5, 5.41) is 6.51. The number of aryl methyl sites for hydroxylation is 1. The van der Waals surface area contributed by atoms with E-state index >= 15 is 0 Å². The first-order chi connectivity index (χ1) is 12.9. The van der Waals surface area contributed by atoms with Crippen LogP contribution in [0.25, 0.3) is 0 Å². The third-order valence-electron chi connectivity index (χ3n) is 4.00. The predicted molar refractivity (Wildman–Crippen MR) is 126 cm³/mol. The molecule has 8 heteroatoms. The number of rotatable bonds is 8. The van der Waals surface area contributed by atoms with Crippen LogP contribution in [0.5, 0.6) is 0 Å². The number of nitrogens with one attached hydrogen (secondary N) is 3. The standard InChI is InChI=1S/C20H28N4O2S.HI/c1-4-21-20(24-17(3)18-8-6-5-7-9-18)22-14-15-23-27(25,26)19-12-10-16(2)11-13-19;/h5-13,17,23H,4,14-15H2,1-3H3,(H2,21,22,24);1H. The molecule has 0 aliphatic rings. The minimum absolute atomic E-state index is 0. The lowest BCUT2D eigenvalue weighted by Gasteiger charge is -2.18. The number of hydrogen-bond donors (Lipinski definition) is 3. The summed E-state index contributed by atoms with van der Waals surface area (Å²) in [5.74, 6) is 0.656. The molecule has 2 aromatic carbocycles. The molecule has 0 heterocycles. The molecule has 0 bridgehead atoms. The van der Waals surface area contributed by atoms with Gasteiger partial charge in [0.1, 0.15) is 0 Å². The average Bonchev–Trinajstić information content (AvgIpc) is 2.66. The number of nitrogens with zero attached hydrogens (tertiary/aromatic N) is 1. The van der Waals surface area contributed by atoms with Gasteiger partial charge in [0.05, 0.1) is 17.5 Å². The summed E-state index contributed by atoms with van der Waals surface area (Å²) in [6.07, 6.45) is 0. The maximum absolute atomic E-state index is 12.3. The molecule has 1 unspecified atom stereocenters. The molecular formula is C20H29IN4O2S. The molecule has 28 heavy (non-hydrogen) atoms. The molecule has 0 saturated heterocycles. The monoisotopic (exact) mass is 516 g/mol. The van der Waals surface area contributed by atoms with Crippen molar-refractivity contribution in [1.82, 2.24) is 15.4 Å². The van der Waals surface area contributed by atoms with Gasteiger partial charge >= 0.3 is 0 Å². The molecule has 2 aromatic rings. The highest BCUT2D eigenvalue weighted by atomic mass is 127. The van der Waals surface area contributed by atoms with Gasteiger partial charge in [-0.25, -0.2) is 13.1 Å². The van der Waals surface area contributed by atoms with Crippen LogP contribution in [0, 0.1) is 6.92 Å². The molecule has 0 aliphatic carbocycles. The summed E-state index contributed by atoms with van der Waals surface area (Å²) in [4.78, 5) is 4.72. The first-order valence-electron chi connectivity index (χ1n) is 9.08. The van der Waals surface area contributed by atoms with Crippen molar-refractivity contribution in [3.8, 4) is 0 Å². The van der Waals surface area contributed by atoms with E-state index in [0.717, 1.165) is 17.7 Å². The lowest BCUT2D eigenvalue weighted by atomic mass is 10.1. The Morgan fingerprint density at radius 1 is 1.07 bits per heavy atom. The molecule has 0 amide bonds. The first kappa shape index (κ1) is 24.4. The van der Waals surface area contributed by atoms with Crippen LogP contribution in [0.1, 0.15) is 31.0 Å². The summed E-state index contributed by atoms with van der Waals surface area (Å²) >= 11 is 0. The van der Waals surface area contributed by atoms with E-state index in [0.29, 0.717) is 12.5 Å². The van der Waals surface area contributed by atoms with Gasteiger partial charge in [-0.05, 0) is 38.5 Å². The SMILES string of the molecule is CCNC(=NCCNS(=O)(=O)c1ccc(C)cc1)NC(C)c1ccccc1.I. The number of hydrogen-bond acceptors (Lipinski definition) is 3. The number of guanidine groups is 1. The van der Waals surface area contributed by atoms with Gasteiger partial charge in [-0.3, -0.25) is 4.99 Å². The van der Waals surface area contributed by atoms with E-state index in [1.165, 1.54) is 0 Å². The van der Waals surface area contributed by atoms with Gasteiger partial charge < -0.3 is 10.6 Å². The minimum atomic E-state index is -3.51. The molecule has 0 aromatic heterocycles. The van der Waals surface area contributed by atoms with E-state index < -0.39 is 10.0 Å². The Hall–Kier alpha value is -1.65. The zero-order valence-electron chi connectivity index (χ0n) is 16.5. The summed E-state index contributed by atoms with van der Waals surface area (Å²) in [6, 6.07) is 16.9. The normalized spacial score (nSPS) is 12.8. The molecule has 0 fully saturated rings. The summed E-state index contributed by atoms with van der Waals surface area (Å²) in [7, 11) is -3.51. The fraction of sp³-hybridized carbons (Fsp3) is 0.350. The molecule has 0 aliphatic heterocycles. The smallest absolute Gasteiger partial charge is 0.240 e. The first-order valence-corrected chi connectivity index (χ1v) is 10.6.